The third-order valence-corrected chi connectivity index (χ3v) is 6.09. The van der Waals surface area contributed by atoms with Crippen molar-refractivity contribution < 1.29 is 14.3 Å². The Morgan fingerprint density at radius 3 is 2.29 bits per heavy atom. The van der Waals surface area contributed by atoms with Crippen molar-refractivity contribution in [2.45, 2.75) is 6.54 Å². The molecule has 3 N–H and O–H groups in total. The number of rotatable bonds is 6. The summed E-state index contributed by atoms with van der Waals surface area (Å²) in [7, 11) is 0. The smallest absolute Gasteiger partial charge is 0.255 e. The Morgan fingerprint density at radius 2 is 1.57 bits per heavy atom. The molecule has 2 amide bonds. The topological polar surface area (TPSA) is 85.9 Å². The van der Waals surface area contributed by atoms with Crippen molar-refractivity contribution >= 4 is 40.3 Å². The van der Waals surface area contributed by atoms with E-state index in [1.54, 1.807) is 0 Å². The number of nitrogens with zero attached hydrogens (tertiary/aromatic N) is 2. The Labute approximate surface area is 204 Å². The lowest BCUT2D eigenvalue weighted by Crippen LogP contribution is -2.36. The van der Waals surface area contributed by atoms with Gasteiger partial charge in [0.1, 0.15) is 0 Å². The third-order valence-electron chi connectivity index (χ3n) is 6.09. The summed E-state index contributed by atoms with van der Waals surface area (Å²) >= 11 is 0. The SMILES string of the molecule is C=CC(=O)Nc1ccc(N2NCc3cc(NC(=O)c4ccc(N5CCOCC5)cc4)ccc32)cc1. The fourth-order valence-corrected chi connectivity index (χ4v) is 4.24. The molecule has 0 aromatic heterocycles. The molecule has 1 fully saturated rings. The Balaban J connectivity index is 1.24. The van der Waals surface area contributed by atoms with Crippen LogP contribution in [0.4, 0.5) is 28.4 Å². The van der Waals surface area contributed by atoms with E-state index in [1.165, 1.54) is 6.08 Å². The molecule has 0 aliphatic carbocycles. The van der Waals surface area contributed by atoms with Crippen LogP contribution in [0.1, 0.15) is 15.9 Å². The number of fused-ring (bicyclic) bond motifs is 1. The van der Waals surface area contributed by atoms with Crippen LogP contribution in [0.2, 0.25) is 0 Å². The number of anilines is 5. The molecule has 0 radical (unpaired) electrons. The fraction of sp³-hybridized carbons (Fsp3) is 0.185. The molecule has 8 heteroatoms. The number of nitrogens with one attached hydrogen (secondary N) is 3. The van der Waals surface area contributed by atoms with Crippen LogP contribution in [0.25, 0.3) is 0 Å². The molecule has 2 aliphatic rings. The van der Waals surface area contributed by atoms with E-state index in [1.807, 2.05) is 71.7 Å². The average Bonchev–Trinajstić information content (AvgIpc) is 3.33. The first-order valence-corrected chi connectivity index (χ1v) is 11.5. The van der Waals surface area contributed by atoms with E-state index in [0.717, 1.165) is 54.6 Å². The molecular formula is C27H27N5O3. The second kappa shape index (κ2) is 10.0. The lowest BCUT2D eigenvalue weighted by atomic mass is 10.1. The number of carbonyl (C=O) groups excluding carboxylic acids is 2. The molecule has 0 spiro atoms. The van der Waals surface area contributed by atoms with Gasteiger partial charge in [0.05, 0.1) is 24.6 Å². The summed E-state index contributed by atoms with van der Waals surface area (Å²) in [5.74, 6) is -0.386. The zero-order valence-corrected chi connectivity index (χ0v) is 19.3. The lowest BCUT2D eigenvalue weighted by Gasteiger charge is -2.28. The van der Waals surface area contributed by atoms with Gasteiger partial charge in [-0.3, -0.25) is 14.6 Å². The summed E-state index contributed by atoms with van der Waals surface area (Å²) < 4.78 is 5.40. The number of morpholine rings is 1. The summed E-state index contributed by atoms with van der Waals surface area (Å²) in [6, 6.07) is 21.1. The molecule has 3 aromatic rings. The van der Waals surface area contributed by atoms with Crippen LogP contribution < -0.4 is 26.0 Å². The maximum atomic E-state index is 12.8. The highest BCUT2D eigenvalue weighted by atomic mass is 16.5. The number of hydrazine groups is 1. The van der Waals surface area contributed by atoms with E-state index in [9.17, 15) is 9.59 Å². The van der Waals surface area contributed by atoms with Gasteiger partial charge in [-0.1, -0.05) is 6.58 Å². The molecular weight excluding hydrogens is 442 g/mol. The summed E-state index contributed by atoms with van der Waals surface area (Å²) in [6.45, 7) is 7.29. The number of benzene rings is 3. The van der Waals surface area contributed by atoms with Gasteiger partial charge in [-0.25, -0.2) is 5.43 Å². The van der Waals surface area contributed by atoms with Crippen LogP contribution in [0.15, 0.2) is 79.4 Å². The van der Waals surface area contributed by atoms with Crippen molar-refractivity contribution in [3.05, 3.63) is 90.5 Å². The minimum atomic E-state index is -0.245. The van der Waals surface area contributed by atoms with E-state index in [0.29, 0.717) is 17.8 Å². The van der Waals surface area contributed by atoms with Gasteiger partial charge in [-0.15, -0.1) is 0 Å². The van der Waals surface area contributed by atoms with Crippen molar-refractivity contribution in [2.24, 2.45) is 0 Å². The molecule has 0 atom stereocenters. The molecule has 0 saturated carbocycles. The van der Waals surface area contributed by atoms with E-state index in [4.69, 9.17) is 4.74 Å². The Bertz CT molecular complexity index is 1230. The van der Waals surface area contributed by atoms with Gasteiger partial charge in [0.25, 0.3) is 5.91 Å². The average molecular weight is 470 g/mol. The van der Waals surface area contributed by atoms with Crippen molar-refractivity contribution in [3.8, 4) is 0 Å². The van der Waals surface area contributed by atoms with Crippen molar-refractivity contribution in [2.75, 3.05) is 46.8 Å². The number of ether oxygens (including phenoxy) is 1. The summed E-state index contributed by atoms with van der Waals surface area (Å²) in [4.78, 5) is 26.5. The van der Waals surface area contributed by atoms with Gasteiger partial charge >= 0.3 is 0 Å². The van der Waals surface area contributed by atoms with Crippen LogP contribution in [0.5, 0.6) is 0 Å². The Kier molecular flexibility index (Phi) is 6.47. The van der Waals surface area contributed by atoms with Crippen molar-refractivity contribution in [3.63, 3.8) is 0 Å². The zero-order valence-electron chi connectivity index (χ0n) is 19.3. The van der Waals surface area contributed by atoms with Crippen LogP contribution in [0.3, 0.4) is 0 Å². The van der Waals surface area contributed by atoms with Crippen LogP contribution >= 0.6 is 0 Å². The predicted molar refractivity (Wildman–Crippen MR) is 138 cm³/mol. The first-order valence-electron chi connectivity index (χ1n) is 11.5. The molecule has 0 unspecified atom stereocenters. The number of hydrogen-bond acceptors (Lipinski definition) is 6. The highest BCUT2D eigenvalue weighted by molar-refractivity contribution is 6.04. The summed E-state index contributed by atoms with van der Waals surface area (Å²) in [5.41, 5.74) is 9.57. The second-order valence-electron chi connectivity index (χ2n) is 8.35. The molecule has 1 saturated heterocycles. The molecule has 8 nitrogen and oxygen atoms in total. The Morgan fingerprint density at radius 1 is 0.886 bits per heavy atom. The van der Waals surface area contributed by atoms with Gasteiger partial charge < -0.3 is 20.3 Å². The zero-order chi connectivity index (χ0) is 24.2. The summed E-state index contributed by atoms with van der Waals surface area (Å²) in [5, 5.41) is 7.74. The molecule has 2 aliphatic heterocycles. The number of amides is 2. The minimum absolute atomic E-state index is 0.140. The standard InChI is InChI=1S/C27H27N5O3/c1-2-26(33)29-21-5-10-24(11-6-21)32-25-12-7-22(17-20(25)18-28-32)30-27(34)19-3-8-23(9-4-19)31-13-15-35-16-14-31/h2-12,17,28H,1,13-16,18H2,(H,29,33)(H,30,34). The van der Waals surface area contributed by atoms with Crippen LogP contribution in [-0.2, 0) is 16.1 Å². The fourth-order valence-electron chi connectivity index (χ4n) is 4.24. The summed E-state index contributed by atoms with van der Waals surface area (Å²) in [6.07, 6.45) is 1.24. The monoisotopic (exact) mass is 469 g/mol. The lowest BCUT2D eigenvalue weighted by molar-refractivity contribution is -0.111. The highest BCUT2D eigenvalue weighted by Gasteiger charge is 2.21. The van der Waals surface area contributed by atoms with Gasteiger partial charge in [0, 0.05) is 42.3 Å². The van der Waals surface area contributed by atoms with Gasteiger partial charge in [-0.05, 0) is 78.4 Å². The second-order valence-corrected chi connectivity index (χ2v) is 8.35. The number of hydrogen-bond donors (Lipinski definition) is 3. The quantitative estimate of drug-likeness (QED) is 0.472. The first kappa shape index (κ1) is 22.6. The minimum Gasteiger partial charge on any atom is -0.378 e. The maximum Gasteiger partial charge on any atom is 0.255 e. The molecule has 0 bridgehead atoms. The van der Waals surface area contributed by atoms with Gasteiger partial charge in [0.2, 0.25) is 5.91 Å². The molecule has 3 aromatic carbocycles. The molecule has 2 heterocycles. The van der Waals surface area contributed by atoms with Gasteiger partial charge in [-0.2, -0.15) is 0 Å². The van der Waals surface area contributed by atoms with E-state index in [-0.39, 0.29) is 11.8 Å². The van der Waals surface area contributed by atoms with Crippen LogP contribution in [0, 0.1) is 0 Å². The van der Waals surface area contributed by atoms with E-state index in [2.05, 4.69) is 27.5 Å². The Hall–Kier alpha value is -4.14. The number of carbonyl (C=O) groups is 2. The van der Waals surface area contributed by atoms with E-state index < -0.39 is 0 Å². The van der Waals surface area contributed by atoms with E-state index >= 15 is 0 Å². The van der Waals surface area contributed by atoms with Crippen LogP contribution in [-0.4, -0.2) is 38.1 Å². The molecule has 35 heavy (non-hydrogen) atoms. The normalized spacial score (nSPS) is 14.9. The largest absolute Gasteiger partial charge is 0.378 e. The van der Waals surface area contributed by atoms with Crippen molar-refractivity contribution in [1.29, 1.82) is 0 Å². The highest BCUT2D eigenvalue weighted by Crippen LogP contribution is 2.34. The first-order chi connectivity index (χ1) is 17.1. The molecule has 5 rings (SSSR count). The van der Waals surface area contributed by atoms with Gasteiger partial charge in [0.15, 0.2) is 0 Å². The predicted octanol–water partition coefficient (Wildman–Crippen LogP) is 4.06. The third kappa shape index (κ3) is 5.03. The maximum absolute atomic E-state index is 12.8. The molecule has 178 valence electrons. The van der Waals surface area contributed by atoms with Crippen molar-refractivity contribution in [1.82, 2.24) is 5.43 Å².